The average molecular weight is 567 g/mol. The summed E-state index contributed by atoms with van der Waals surface area (Å²) in [6, 6.07) is 20.8. The van der Waals surface area contributed by atoms with Gasteiger partial charge in [0.05, 0.1) is 0 Å². The van der Waals surface area contributed by atoms with Crippen LogP contribution in [-0.2, 0) is 12.8 Å². The summed E-state index contributed by atoms with van der Waals surface area (Å²) >= 11 is 0. The minimum Gasteiger partial charge on any atom is -0.507 e. The Kier molecular flexibility index (Phi) is 13.1. The van der Waals surface area contributed by atoms with Crippen LogP contribution < -0.4 is 0 Å². The Labute approximate surface area is 255 Å². The van der Waals surface area contributed by atoms with Crippen LogP contribution in [0.3, 0.4) is 0 Å². The molecule has 2 N–H and O–H groups in total. The second-order valence-electron chi connectivity index (χ2n) is 12.4. The van der Waals surface area contributed by atoms with E-state index in [0.717, 1.165) is 69.5 Å². The number of hydrogen-bond acceptors (Lipinski definition) is 2. The number of fused-ring (bicyclic) bond motifs is 2. The van der Waals surface area contributed by atoms with Gasteiger partial charge in [0.15, 0.2) is 0 Å². The third-order valence-electron chi connectivity index (χ3n) is 9.06. The van der Waals surface area contributed by atoms with Gasteiger partial charge in [-0.1, -0.05) is 164 Å². The van der Waals surface area contributed by atoms with E-state index < -0.39 is 0 Å². The van der Waals surface area contributed by atoms with Crippen molar-refractivity contribution in [3.8, 4) is 22.6 Å². The smallest absolute Gasteiger partial charge is 0.131 e. The molecule has 226 valence electrons. The van der Waals surface area contributed by atoms with Gasteiger partial charge < -0.3 is 10.2 Å². The molecule has 0 atom stereocenters. The summed E-state index contributed by atoms with van der Waals surface area (Å²) in [7, 11) is 0. The SMILES string of the molecule is CCCCCCCCCCc1cc2ccccc2c(O)c1-c1c(CCCCCCCCCC)cc2ccccc2c1O. The zero-order chi connectivity index (χ0) is 29.6. The number of rotatable bonds is 19. The summed E-state index contributed by atoms with van der Waals surface area (Å²) in [5, 5.41) is 27.5. The zero-order valence-corrected chi connectivity index (χ0v) is 26.4. The van der Waals surface area contributed by atoms with Crippen LogP contribution in [0, 0.1) is 0 Å². The van der Waals surface area contributed by atoms with Gasteiger partial charge in [0.25, 0.3) is 0 Å². The Bertz CT molecular complexity index is 1280. The van der Waals surface area contributed by atoms with E-state index in [4.69, 9.17) is 0 Å². The zero-order valence-electron chi connectivity index (χ0n) is 26.4. The van der Waals surface area contributed by atoms with E-state index in [-0.39, 0.29) is 0 Å². The predicted molar refractivity (Wildman–Crippen MR) is 183 cm³/mol. The van der Waals surface area contributed by atoms with Crippen molar-refractivity contribution in [2.24, 2.45) is 0 Å². The molecule has 0 unspecified atom stereocenters. The Hall–Kier alpha value is -3.00. The van der Waals surface area contributed by atoms with Crippen LogP contribution >= 0.6 is 0 Å². The number of aryl methyl sites for hydroxylation is 2. The molecule has 0 bridgehead atoms. The second-order valence-corrected chi connectivity index (χ2v) is 12.4. The molecule has 0 saturated carbocycles. The van der Waals surface area contributed by atoms with Gasteiger partial charge in [0.2, 0.25) is 0 Å². The normalized spacial score (nSPS) is 11.6. The van der Waals surface area contributed by atoms with Crippen LogP contribution in [0.2, 0.25) is 0 Å². The van der Waals surface area contributed by atoms with E-state index in [0.29, 0.717) is 11.5 Å². The van der Waals surface area contributed by atoms with Crippen LogP contribution in [-0.4, -0.2) is 10.2 Å². The average Bonchev–Trinajstić information content (AvgIpc) is 3.01. The molecule has 0 fully saturated rings. The molecule has 4 aromatic carbocycles. The number of hydrogen-bond donors (Lipinski definition) is 2. The van der Waals surface area contributed by atoms with Gasteiger partial charge in [-0.05, 0) is 47.6 Å². The lowest BCUT2D eigenvalue weighted by atomic mass is 9.85. The topological polar surface area (TPSA) is 40.5 Å². The summed E-state index contributed by atoms with van der Waals surface area (Å²) in [4.78, 5) is 0. The van der Waals surface area contributed by atoms with Gasteiger partial charge in [-0.15, -0.1) is 0 Å². The highest BCUT2D eigenvalue weighted by molar-refractivity contribution is 6.02. The van der Waals surface area contributed by atoms with Crippen LogP contribution in [0.1, 0.15) is 128 Å². The number of aromatic hydroxyl groups is 2. The van der Waals surface area contributed by atoms with E-state index in [1.165, 1.54) is 89.9 Å². The first kappa shape index (κ1) is 31.9. The molecule has 0 aliphatic rings. The fraction of sp³-hybridized carbons (Fsp3) is 0.500. The van der Waals surface area contributed by atoms with Gasteiger partial charge in [-0.25, -0.2) is 0 Å². The second kappa shape index (κ2) is 17.2. The lowest BCUT2D eigenvalue weighted by Crippen LogP contribution is -1.99. The van der Waals surface area contributed by atoms with Crippen molar-refractivity contribution >= 4 is 21.5 Å². The molecular formula is C40H54O2. The molecule has 4 rings (SSSR count). The molecule has 2 nitrogen and oxygen atoms in total. The van der Waals surface area contributed by atoms with Crippen LogP contribution in [0.4, 0.5) is 0 Å². The minimum absolute atomic E-state index is 0.311. The van der Waals surface area contributed by atoms with Crippen molar-refractivity contribution in [1.82, 2.24) is 0 Å². The van der Waals surface area contributed by atoms with Gasteiger partial charge in [-0.3, -0.25) is 0 Å². The molecule has 0 aliphatic heterocycles. The first-order chi connectivity index (χ1) is 20.7. The Morgan fingerprint density at radius 1 is 0.429 bits per heavy atom. The number of benzene rings is 4. The summed E-state index contributed by atoms with van der Waals surface area (Å²) in [6.07, 6.45) is 22.2. The third-order valence-corrected chi connectivity index (χ3v) is 9.06. The standard InChI is InChI=1S/C40H54O2/c1-3-5-7-9-11-13-15-17-25-33-29-31-23-19-21-27-35(31)39(41)37(33)38-34(26-18-16-14-12-10-8-6-4-2)30-32-24-20-22-28-36(32)40(38)42/h19-24,27-30,41-42H,3-18,25-26H2,1-2H3. The fourth-order valence-electron chi connectivity index (χ4n) is 6.62. The Morgan fingerprint density at radius 3 is 1.14 bits per heavy atom. The van der Waals surface area contributed by atoms with E-state index in [1.54, 1.807) is 0 Å². The first-order valence-electron chi connectivity index (χ1n) is 17.1. The van der Waals surface area contributed by atoms with Crippen molar-refractivity contribution in [2.45, 2.75) is 129 Å². The van der Waals surface area contributed by atoms with Crippen molar-refractivity contribution in [1.29, 1.82) is 0 Å². The molecule has 4 aromatic rings. The van der Waals surface area contributed by atoms with Crippen molar-refractivity contribution < 1.29 is 10.2 Å². The maximum absolute atomic E-state index is 11.8. The lowest BCUT2D eigenvalue weighted by Gasteiger charge is -2.20. The molecular weight excluding hydrogens is 512 g/mol. The highest BCUT2D eigenvalue weighted by Crippen LogP contribution is 2.47. The summed E-state index contributed by atoms with van der Waals surface area (Å²) < 4.78 is 0. The molecule has 0 spiro atoms. The number of phenols is 2. The Morgan fingerprint density at radius 2 is 0.762 bits per heavy atom. The minimum atomic E-state index is 0.311. The first-order valence-corrected chi connectivity index (χ1v) is 17.1. The molecule has 42 heavy (non-hydrogen) atoms. The van der Waals surface area contributed by atoms with E-state index in [1.807, 2.05) is 36.4 Å². The maximum atomic E-state index is 11.8. The molecule has 0 aromatic heterocycles. The Balaban J connectivity index is 1.62. The largest absolute Gasteiger partial charge is 0.507 e. The number of phenolic OH excluding ortho intramolecular Hbond substituents is 2. The van der Waals surface area contributed by atoms with Gasteiger partial charge in [-0.2, -0.15) is 0 Å². The van der Waals surface area contributed by atoms with Crippen LogP contribution in [0.25, 0.3) is 32.7 Å². The molecule has 0 heterocycles. The van der Waals surface area contributed by atoms with Gasteiger partial charge in [0.1, 0.15) is 11.5 Å². The maximum Gasteiger partial charge on any atom is 0.131 e. The van der Waals surface area contributed by atoms with Crippen LogP contribution in [0.5, 0.6) is 11.5 Å². The highest BCUT2D eigenvalue weighted by atomic mass is 16.3. The fourth-order valence-corrected chi connectivity index (χ4v) is 6.62. The lowest BCUT2D eigenvalue weighted by molar-refractivity contribution is 0.474. The van der Waals surface area contributed by atoms with Crippen LogP contribution in [0.15, 0.2) is 60.7 Å². The third kappa shape index (κ3) is 8.52. The molecule has 2 heteroatoms. The molecule has 0 amide bonds. The highest BCUT2D eigenvalue weighted by Gasteiger charge is 2.22. The van der Waals surface area contributed by atoms with Crippen molar-refractivity contribution in [3.05, 3.63) is 71.8 Å². The van der Waals surface area contributed by atoms with Crippen molar-refractivity contribution in [3.63, 3.8) is 0 Å². The molecule has 0 radical (unpaired) electrons. The van der Waals surface area contributed by atoms with E-state index in [2.05, 4.69) is 38.1 Å². The van der Waals surface area contributed by atoms with Gasteiger partial charge >= 0.3 is 0 Å². The summed E-state index contributed by atoms with van der Waals surface area (Å²) in [5.74, 6) is 0.621. The number of unbranched alkanes of at least 4 members (excludes halogenated alkanes) is 14. The van der Waals surface area contributed by atoms with E-state index in [9.17, 15) is 10.2 Å². The van der Waals surface area contributed by atoms with Gasteiger partial charge in [0, 0.05) is 21.9 Å². The quantitative estimate of drug-likeness (QED) is 0.111. The summed E-state index contributed by atoms with van der Waals surface area (Å²) in [6.45, 7) is 4.54. The molecule has 0 aliphatic carbocycles. The molecule has 0 saturated heterocycles. The summed E-state index contributed by atoms with van der Waals surface area (Å²) in [5.41, 5.74) is 3.99. The monoisotopic (exact) mass is 566 g/mol. The predicted octanol–water partition coefficient (Wildman–Crippen LogP) is 12.4. The van der Waals surface area contributed by atoms with E-state index >= 15 is 0 Å². The van der Waals surface area contributed by atoms with Crippen molar-refractivity contribution in [2.75, 3.05) is 0 Å².